The Balaban J connectivity index is 1.94. The maximum atomic E-state index is 13.7. The summed E-state index contributed by atoms with van der Waals surface area (Å²) in [5.74, 6) is 0.396. The van der Waals surface area contributed by atoms with Crippen LogP contribution in [-0.2, 0) is 16.6 Å². The van der Waals surface area contributed by atoms with Gasteiger partial charge in [0.1, 0.15) is 6.10 Å². The first kappa shape index (κ1) is 22.6. The smallest absolute Gasteiger partial charge is 0.240 e. The van der Waals surface area contributed by atoms with Gasteiger partial charge in [-0.2, -0.15) is 0 Å². The van der Waals surface area contributed by atoms with E-state index in [2.05, 4.69) is 20.3 Å². The van der Waals surface area contributed by atoms with Crippen LogP contribution in [0.1, 0.15) is 19.4 Å². The highest BCUT2D eigenvalue weighted by Gasteiger charge is 2.11. The van der Waals surface area contributed by atoms with E-state index in [0.29, 0.717) is 25.6 Å². The van der Waals surface area contributed by atoms with Crippen molar-refractivity contribution in [3.8, 4) is 5.75 Å². The lowest BCUT2D eigenvalue weighted by atomic mass is 10.2. The molecule has 2 aromatic carbocycles. The molecular formula is C20H27FN4O3S. The number of nitrogens with zero attached hydrogens (tertiary/aromatic N) is 1. The average Bonchev–Trinajstić information content (AvgIpc) is 2.72. The van der Waals surface area contributed by atoms with Crippen molar-refractivity contribution in [3.05, 3.63) is 59.9 Å². The van der Waals surface area contributed by atoms with Gasteiger partial charge >= 0.3 is 0 Å². The zero-order valence-corrected chi connectivity index (χ0v) is 17.6. The number of para-hydroxylation sites is 1. The molecule has 9 heteroatoms. The van der Waals surface area contributed by atoms with Crippen LogP contribution in [0, 0.1) is 5.82 Å². The van der Waals surface area contributed by atoms with Gasteiger partial charge in [0.05, 0.1) is 18.0 Å². The molecule has 0 spiro atoms. The molecule has 0 aliphatic carbocycles. The van der Waals surface area contributed by atoms with Crippen LogP contribution in [0.5, 0.6) is 5.75 Å². The number of ether oxygens (including phenoxy) is 1. The van der Waals surface area contributed by atoms with Gasteiger partial charge in [-0.05, 0) is 50.7 Å². The Morgan fingerprint density at radius 1 is 1.14 bits per heavy atom. The van der Waals surface area contributed by atoms with Crippen LogP contribution >= 0.6 is 0 Å². The summed E-state index contributed by atoms with van der Waals surface area (Å²) in [7, 11) is -2.08. The second-order valence-electron chi connectivity index (χ2n) is 6.29. The number of hydrogen-bond acceptors (Lipinski definition) is 4. The fourth-order valence-corrected chi connectivity index (χ4v) is 3.17. The summed E-state index contributed by atoms with van der Waals surface area (Å²) in [5.41, 5.74) is 0.868. The minimum absolute atomic E-state index is 0.205. The number of rotatable bonds is 9. The number of nitrogens with one attached hydrogen (secondary N) is 3. The summed E-state index contributed by atoms with van der Waals surface area (Å²) >= 11 is 0. The standard InChI is InChI=1S/C20H27FN4O3S/c1-4-23-20(24-13-15(2)28-19-8-6-5-7-18(19)21)25-14-16-9-11-17(12-10-16)29(26,27)22-3/h5-12,15,22H,4,13-14H2,1-3H3,(H2,23,24,25). The van der Waals surface area contributed by atoms with Gasteiger partial charge in [0.2, 0.25) is 10.0 Å². The highest BCUT2D eigenvalue weighted by molar-refractivity contribution is 7.89. The van der Waals surface area contributed by atoms with Gasteiger partial charge in [0, 0.05) is 6.54 Å². The van der Waals surface area contributed by atoms with E-state index in [1.165, 1.54) is 13.1 Å². The van der Waals surface area contributed by atoms with Gasteiger partial charge < -0.3 is 15.4 Å². The second kappa shape index (κ2) is 10.8. The van der Waals surface area contributed by atoms with Gasteiger partial charge in [-0.15, -0.1) is 0 Å². The summed E-state index contributed by atoms with van der Waals surface area (Å²) < 4.78 is 45.1. The molecule has 0 radical (unpaired) electrons. The molecule has 3 N–H and O–H groups in total. The SMILES string of the molecule is CCNC(=NCc1ccc(S(=O)(=O)NC)cc1)NCC(C)Oc1ccccc1F. The molecule has 0 aromatic heterocycles. The Bertz CT molecular complexity index is 918. The van der Waals surface area contributed by atoms with Crippen molar-refractivity contribution < 1.29 is 17.5 Å². The molecule has 0 saturated carbocycles. The molecule has 0 aliphatic heterocycles. The van der Waals surface area contributed by atoms with E-state index in [4.69, 9.17) is 4.74 Å². The van der Waals surface area contributed by atoms with E-state index in [-0.39, 0.29) is 16.7 Å². The van der Waals surface area contributed by atoms with Crippen LogP contribution in [0.15, 0.2) is 58.4 Å². The van der Waals surface area contributed by atoms with E-state index in [1.807, 2.05) is 13.8 Å². The predicted molar refractivity (Wildman–Crippen MR) is 112 cm³/mol. The van der Waals surface area contributed by atoms with E-state index in [0.717, 1.165) is 5.56 Å². The minimum Gasteiger partial charge on any atom is -0.486 e. The number of hydrogen-bond donors (Lipinski definition) is 3. The fraction of sp³-hybridized carbons (Fsp3) is 0.350. The third-order valence-electron chi connectivity index (χ3n) is 3.99. The quantitative estimate of drug-likeness (QED) is 0.426. The first-order valence-electron chi connectivity index (χ1n) is 9.31. The number of benzene rings is 2. The molecule has 158 valence electrons. The summed E-state index contributed by atoms with van der Waals surface area (Å²) in [6, 6.07) is 12.8. The molecule has 2 aromatic rings. The molecule has 0 amide bonds. The molecule has 0 bridgehead atoms. The minimum atomic E-state index is -3.45. The molecule has 1 atom stereocenters. The Kier molecular flexibility index (Phi) is 8.41. The first-order chi connectivity index (χ1) is 13.9. The summed E-state index contributed by atoms with van der Waals surface area (Å²) in [6.45, 7) is 5.27. The summed E-state index contributed by atoms with van der Waals surface area (Å²) in [6.07, 6.45) is -0.276. The molecular weight excluding hydrogens is 395 g/mol. The van der Waals surface area contributed by atoms with Crippen LogP contribution < -0.4 is 20.1 Å². The van der Waals surface area contributed by atoms with Gasteiger partial charge in [0.25, 0.3) is 0 Å². The maximum Gasteiger partial charge on any atom is 0.240 e. The van der Waals surface area contributed by atoms with Crippen molar-refractivity contribution in [2.75, 3.05) is 20.1 Å². The Hall–Kier alpha value is -2.65. The molecule has 29 heavy (non-hydrogen) atoms. The Labute approximate surface area is 171 Å². The molecule has 0 heterocycles. The van der Waals surface area contributed by atoms with Gasteiger partial charge in [-0.3, -0.25) is 0 Å². The maximum absolute atomic E-state index is 13.7. The van der Waals surface area contributed by atoms with E-state index >= 15 is 0 Å². The second-order valence-corrected chi connectivity index (χ2v) is 8.17. The zero-order chi connectivity index (χ0) is 21.3. The number of aliphatic imine (C=N–C) groups is 1. The van der Waals surface area contributed by atoms with Crippen molar-refractivity contribution in [2.45, 2.75) is 31.4 Å². The monoisotopic (exact) mass is 422 g/mol. The lowest BCUT2D eigenvalue weighted by molar-refractivity contribution is 0.214. The first-order valence-corrected chi connectivity index (χ1v) is 10.8. The van der Waals surface area contributed by atoms with Crippen molar-refractivity contribution in [1.29, 1.82) is 0 Å². The van der Waals surface area contributed by atoms with Crippen molar-refractivity contribution >= 4 is 16.0 Å². The van der Waals surface area contributed by atoms with Gasteiger partial charge in [-0.1, -0.05) is 24.3 Å². The highest BCUT2D eigenvalue weighted by Crippen LogP contribution is 2.16. The lowest BCUT2D eigenvalue weighted by Crippen LogP contribution is -2.41. The normalized spacial score (nSPS) is 13.0. The largest absolute Gasteiger partial charge is 0.486 e. The number of halogens is 1. The van der Waals surface area contributed by atoms with Crippen LogP contribution in [0.4, 0.5) is 4.39 Å². The van der Waals surface area contributed by atoms with Gasteiger partial charge in [0.15, 0.2) is 17.5 Å². The highest BCUT2D eigenvalue weighted by atomic mass is 32.2. The van der Waals surface area contributed by atoms with Crippen molar-refractivity contribution in [2.24, 2.45) is 4.99 Å². The zero-order valence-electron chi connectivity index (χ0n) is 16.8. The fourth-order valence-electron chi connectivity index (χ4n) is 2.44. The lowest BCUT2D eigenvalue weighted by Gasteiger charge is -2.18. The van der Waals surface area contributed by atoms with Crippen molar-refractivity contribution in [1.82, 2.24) is 15.4 Å². The Morgan fingerprint density at radius 2 is 1.83 bits per heavy atom. The Morgan fingerprint density at radius 3 is 2.45 bits per heavy atom. The third kappa shape index (κ3) is 7.03. The van der Waals surface area contributed by atoms with Gasteiger partial charge in [-0.25, -0.2) is 22.5 Å². The topological polar surface area (TPSA) is 91.8 Å². The average molecular weight is 423 g/mol. The molecule has 0 saturated heterocycles. The molecule has 7 nitrogen and oxygen atoms in total. The number of sulfonamides is 1. The number of guanidine groups is 1. The summed E-state index contributed by atoms with van der Waals surface area (Å²) in [5, 5.41) is 6.29. The van der Waals surface area contributed by atoms with Crippen LogP contribution in [0.25, 0.3) is 0 Å². The van der Waals surface area contributed by atoms with Crippen LogP contribution in [-0.4, -0.2) is 40.6 Å². The third-order valence-corrected chi connectivity index (χ3v) is 5.42. The molecule has 2 rings (SSSR count). The molecule has 0 aliphatic rings. The molecule has 1 unspecified atom stereocenters. The van der Waals surface area contributed by atoms with Crippen molar-refractivity contribution in [3.63, 3.8) is 0 Å². The van der Waals surface area contributed by atoms with E-state index in [1.54, 1.807) is 42.5 Å². The van der Waals surface area contributed by atoms with Crippen LogP contribution in [0.3, 0.4) is 0 Å². The summed E-state index contributed by atoms with van der Waals surface area (Å²) in [4.78, 5) is 4.70. The molecule has 0 fully saturated rings. The van der Waals surface area contributed by atoms with E-state index in [9.17, 15) is 12.8 Å². The predicted octanol–water partition coefficient (Wildman–Crippen LogP) is 2.26. The van der Waals surface area contributed by atoms with Crippen LogP contribution in [0.2, 0.25) is 0 Å². The van der Waals surface area contributed by atoms with E-state index < -0.39 is 15.8 Å².